The number of aliphatic carboxylic acids is 2. The molecule has 7 nitrogen and oxygen atoms in total. The number of para-hydroxylation sites is 1. The summed E-state index contributed by atoms with van der Waals surface area (Å²) in [5.41, 5.74) is 0.655. The van der Waals surface area contributed by atoms with E-state index in [9.17, 15) is 19.5 Å². The molecule has 0 radical (unpaired) electrons. The third kappa shape index (κ3) is 4.37. The maximum absolute atomic E-state index is 12.6. The Labute approximate surface area is 153 Å². The van der Waals surface area contributed by atoms with E-state index in [0.717, 1.165) is 16.7 Å². The molecule has 1 aliphatic heterocycles. The van der Waals surface area contributed by atoms with Gasteiger partial charge in [-0.3, -0.25) is 14.5 Å². The fraction of sp³-hybridized carbons (Fsp3) is 0.250. The summed E-state index contributed by atoms with van der Waals surface area (Å²) in [6.45, 7) is 0. The zero-order chi connectivity index (χ0) is 18.6. The third-order valence-corrected chi connectivity index (χ3v) is 4.81. The molecule has 1 atom stereocenters. The summed E-state index contributed by atoms with van der Waals surface area (Å²) >= 11 is 6.11. The number of thioether (sulfide) groups is 1. The molecule has 132 valence electrons. The van der Waals surface area contributed by atoms with Gasteiger partial charge in [-0.2, -0.15) is 0 Å². The number of rotatable bonds is 7. The molecule has 2 N–H and O–H groups in total. The van der Waals surface area contributed by atoms with Crippen molar-refractivity contribution < 1.29 is 29.3 Å². The van der Waals surface area contributed by atoms with Gasteiger partial charge in [0.05, 0.1) is 12.0 Å². The van der Waals surface area contributed by atoms with E-state index >= 15 is 0 Å². The average molecular weight is 381 g/mol. The number of ether oxygens (including phenoxy) is 1. The number of thiocarbonyl (C=S) groups is 1. The zero-order valence-corrected chi connectivity index (χ0v) is 14.8. The van der Waals surface area contributed by atoms with Crippen LogP contribution in [0.25, 0.3) is 6.08 Å². The van der Waals surface area contributed by atoms with Crippen LogP contribution in [0.2, 0.25) is 0 Å². The van der Waals surface area contributed by atoms with Gasteiger partial charge in [0, 0.05) is 12.0 Å². The maximum Gasteiger partial charge on any atom is 0.326 e. The SMILES string of the molecule is COc1ccccc1/C=C1\SC(=S)N([C@H](CCC(=O)O)C(=O)O)C1=O. The fourth-order valence-electron chi connectivity index (χ4n) is 2.30. The predicted molar refractivity (Wildman–Crippen MR) is 96.3 cm³/mol. The first-order chi connectivity index (χ1) is 11.8. The molecule has 2 rings (SSSR count). The van der Waals surface area contributed by atoms with Crippen molar-refractivity contribution in [3.63, 3.8) is 0 Å². The van der Waals surface area contributed by atoms with Crippen molar-refractivity contribution in [2.75, 3.05) is 7.11 Å². The number of amides is 1. The Morgan fingerprint density at radius 1 is 1.36 bits per heavy atom. The third-order valence-electron chi connectivity index (χ3n) is 3.48. The molecule has 25 heavy (non-hydrogen) atoms. The first-order valence-corrected chi connectivity index (χ1v) is 8.42. The van der Waals surface area contributed by atoms with Crippen LogP contribution in [0.5, 0.6) is 5.75 Å². The summed E-state index contributed by atoms with van der Waals surface area (Å²) in [6.07, 6.45) is 0.979. The summed E-state index contributed by atoms with van der Waals surface area (Å²) in [7, 11) is 1.50. The van der Waals surface area contributed by atoms with Crippen LogP contribution in [0, 0.1) is 0 Å². The minimum Gasteiger partial charge on any atom is -0.496 e. The number of benzene rings is 1. The van der Waals surface area contributed by atoms with Crippen molar-refractivity contribution in [1.82, 2.24) is 4.90 Å². The highest BCUT2D eigenvalue weighted by Crippen LogP contribution is 2.36. The summed E-state index contributed by atoms with van der Waals surface area (Å²) in [5.74, 6) is -2.43. The Balaban J connectivity index is 2.30. The number of carbonyl (C=O) groups excluding carboxylic acids is 1. The Bertz CT molecular complexity index is 761. The van der Waals surface area contributed by atoms with Crippen molar-refractivity contribution in [2.45, 2.75) is 18.9 Å². The summed E-state index contributed by atoms with van der Waals surface area (Å²) < 4.78 is 5.31. The van der Waals surface area contributed by atoms with Crippen molar-refractivity contribution >= 4 is 52.2 Å². The van der Waals surface area contributed by atoms with E-state index < -0.39 is 23.9 Å². The Hall–Kier alpha value is -2.39. The first kappa shape index (κ1) is 18.9. The molecule has 1 aromatic rings. The lowest BCUT2D eigenvalue weighted by atomic mass is 10.1. The standard InChI is InChI=1S/C16H15NO6S2/c1-23-11-5-3-2-4-9(11)8-12-14(20)17(16(24)25-12)10(15(21)22)6-7-13(18)19/h2-5,8,10H,6-7H2,1H3,(H,18,19)(H,21,22)/b12-8-/t10-/m1/s1. The van der Waals surface area contributed by atoms with Gasteiger partial charge in [0.25, 0.3) is 5.91 Å². The normalized spacial score (nSPS) is 17.0. The van der Waals surface area contributed by atoms with Crippen molar-refractivity contribution in [3.05, 3.63) is 34.7 Å². The van der Waals surface area contributed by atoms with Gasteiger partial charge in [0.1, 0.15) is 16.1 Å². The van der Waals surface area contributed by atoms with Crippen LogP contribution in [-0.2, 0) is 14.4 Å². The first-order valence-electron chi connectivity index (χ1n) is 7.19. The average Bonchev–Trinajstić information content (AvgIpc) is 2.82. The molecule has 1 fully saturated rings. The lowest BCUT2D eigenvalue weighted by Gasteiger charge is -2.22. The smallest absolute Gasteiger partial charge is 0.326 e. The highest BCUT2D eigenvalue weighted by atomic mass is 32.2. The zero-order valence-electron chi connectivity index (χ0n) is 13.2. The molecule has 1 amide bonds. The minimum absolute atomic E-state index is 0.0870. The molecule has 9 heteroatoms. The largest absolute Gasteiger partial charge is 0.496 e. The fourth-order valence-corrected chi connectivity index (χ4v) is 3.65. The summed E-state index contributed by atoms with van der Waals surface area (Å²) in [4.78, 5) is 36.0. The van der Waals surface area contributed by atoms with Crippen LogP contribution in [0.4, 0.5) is 0 Å². The number of nitrogens with zero attached hydrogens (tertiary/aromatic N) is 1. The van der Waals surface area contributed by atoms with Crippen LogP contribution in [0.3, 0.4) is 0 Å². The molecule has 0 spiro atoms. The van der Waals surface area contributed by atoms with Gasteiger partial charge in [-0.05, 0) is 18.6 Å². The van der Waals surface area contributed by atoms with E-state index in [4.69, 9.17) is 22.1 Å². The molecule has 1 aromatic carbocycles. The predicted octanol–water partition coefficient (Wildman–Crippen LogP) is 2.21. The molecular formula is C16H15NO6S2. The second-order valence-electron chi connectivity index (χ2n) is 5.08. The monoisotopic (exact) mass is 381 g/mol. The number of hydrogen-bond acceptors (Lipinski definition) is 6. The highest BCUT2D eigenvalue weighted by molar-refractivity contribution is 8.26. The second-order valence-corrected chi connectivity index (χ2v) is 6.76. The maximum atomic E-state index is 12.6. The Morgan fingerprint density at radius 2 is 2.04 bits per heavy atom. The molecule has 1 heterocycles. The minimum atomic E-state index is -1.31. The van der Waals surface area contributed by atoms with Crippen LogP contribution in [0.1, 0.15) is 18.4 Å². The molecule has 1 saturated heterocycles. The lowest BCUT2D eigenvalue weighted by molar-refractivity contribution is -0.146. The lowest BCUT2D eigenvalue weighted by Crippen LogP contribution is -2.44. The van der Waals surface area contributed by atoms with Crippen LogP contribution in [0.15, 0.2) is 29.2 Å². The Kier molecular flexibility index (Phi) is 6.16. The second kappa shape index (κ2) is 8.13. The molecule has 0 aromatic heterocycles. The van der Waals surface area contributed by atoms with Gasteiger partial charge in [-0.15, -0.1) is 0 Å². The number of carboxylic acids is 2. The van der Waals surface area contributed by atoms with E-state index in [1.54, 1.807) is 30.3 Å². The molecule has 1 aliphatic rings. The number of carbonyl (C=O) groups is 3. The highest BCUT2D eigenvalue weighted by Gasteiger charge is 2.40. The van der Waals surface area contributed by atoms with E-state index in [1.165, 1.54) is 7.11 Å². The summed E-state index contributed by atoms with van der Waals surface area (Å²) in [5, 5.41) is 18.1. The topological polar surface area (TPSA) is 104 Å². The van der Waals surface area contributed by atoms with E-state index in [2.05, 4.69) is 0 Å². The van der Waals surface area contributed by atoms with Crippen molar-refractivity contribution in [1.29, 1.82) is 0 Å². The van der Waals surface area contributed by atoms with Gasteiger partial charge < -0.3 is 14.9 Å². The molecule has 0 aliphatic carbocycles. The molecule has 0 saturated carbocycles. The number of methoxy groups -OCH3 is 1. The van der Waals surface area contributed by atoms with Gasteiger partial charge in [-0.1, -0.05) is 42.2 Å². The van der Waals surface area contributed by atoms with Gasteiger partial charge >= 0.3 is 11.9 Å². The van der Waals surface area contributed by atoms with Gasteiger partial charge in [0.15, 0.2) is 0 Å². The van der Waals surface area contributed by atoms with Crippen molar-refractivity contribution in [2.24, 2.45) is 0 Å². The molecule has 0 unspecified atom stereocenters. The molecular weight excluding hydrogens is 366 g/mol. The van der Waals surface area contributed by atoms with Crippen LogP contribution in [-0.4, -0.2) is 50.4 Å². The summed E-state index contributed by atoms with van der Waals surface area (Å²) in [6, 6.07) is 5.74. The van der Waals surface area contributed by atoms with Gasteiger partial charge in [-0.25, -0.2) is 4.79 Å². The Morgan fingerprint density at radius 3 is 2.64 bits per heavy atom. The van der Waals surface area contributed by atoms with Crippen LogP contribution >= 0.6 is 24.0 Å². The quantitative estimate of drug-likeness (QED) is 0.547. The van der Waals surface area contributed by atoms with E-state index in [-0.39, 0.29) is 22.1 Å². The number of carboxylic acid groups (broad SMARTS) is 2. The number of hydrogen-bond donors (Lipinski definition) is 2. The van der Waals surface area contributed by atoms with Crippen LogP contribution < -0.4 is 4.74 Å². The van der Waals surface area contributed by atoms with E-state index in [0.29, 0.717) is 11.3 Å². The van der Waals surface area contributed by atoms with E-state index in [1.807, 2.05) is 0 Å². The van der Waals surface area contributed by atoms with Crippen molar-refractivity contribution in [3.8, 4) is 5.75 Å². The molecule has 0 bridgehead atoms. The van der Waals surface area contributed by atoms with Gasteiger partial charge in [0.2, 0.25) is 0 Å².